The summed E-state index contributed by atoms with van der Waals surface area (Å²) in [6.45, 7) is 2.47. The maximum Gasteiger partial charge on any atom is 0.321 e. The Bertz CT molecular complexity index is 889. The van der Waals surface area contributed by atoms with Gasteiger partial charge in [-0.2, -0.15) is 0 Å². The summed E-state index contributed by atoms with van der Waals surface area (Å²) >= 11 is 0. The number of nitrogens with two attached hydrogens (primary N) is 1. The molecule has 7 heteroatoms. The summed E-state index contributed by atoms with van der Waals surface area (Å²) in [5, 5.41) is 2.71. The van der Waals surface area contributed by atoms with E-state index >= 15 is 0 Å². The lowest BCUT2D eigenvalue weighted by Gasteiger charge is -2.19. The molecule has 0 spiro atoms. The van der Waals surface area contributed by atoms with Crippen molar-refractivity contribution in [3.05, 3.63) is 65.5 Å². The molecule has 2 aliphatic rings. The average molecular weight is 382 g/mol. The zero-order valence-electron chi connectivity index (χ0n) is 15.5. The molecule has 4 rings (SSSR count). The molecule has 2 saturated heterocycles. The van der Waals surface area contributed by atoms with Crippen LogP contribution in [0.5, 0.6) is 0 Å². The summed E-state index contributed by atoms with van der Waals surface area (Å²) in [4.78, 5) is 28.1. The molecule has 2 aliphatic heterocycles. The van der Waals surface area contributed by atoms with E-state index in [9.17, 15) is 14.0 Å². The first-order valence-electron chi connectivity index (χ1n) is 9.47. The molecule has 3 amide bonds. The number of anilines is 1. The van der Waals surface area contributed by atoms with E-state index in [-0.39, 0.29) is 29.3 Å². The van der Waals surface area contributed by atoms with Gasteiger partial charge in [0.25, 0.3) is 5.91 Å². The monoisotopic (exact) mass is 382 g/mol. The van der Waals surface area contributed by atoms with Gasteiger partial charge >= 0.3 is 6.03 Å². The Balaban J connectivity index is 1.58. The third-order valence-corrected chi connectivity index (χ3v) is 5.61. The SMILES string of the molecule is NC[C@@H]1CN(C(=O)c2cc(N3CCNC3=O)ccc2F)C[C@H]1c1ccccc1. The molecule has 6 nitrogen and oxygen atoms in total. The first-order valence-corrected chi connectivity index (χ1v) is 9.47. The summed E-state index contributed by atoms with van der Waals surface area (Å²) < 4.78 is 14.5. The Labute approximate surface area is 163 Å². The molecule has 0 saturated carbocycles. The molecular formula is C21H23FN4O2. The van der Waals surface area contributed by atoms with Gasteiger partial charge in [-0.25, -0.2) is 9.18 Å². The van der Waals surface area contributed by atoms with Crippen molar-refractivity contribution in [2.45, 2.75) is 5.92 Å². The van der Waals surface area contributed by atoms with E-state index in [1.54, 1.807) is 4.90 Å². The largest absolute Gasteiger partial charge is 0.338 e. The van der Waals surface area contributed by atoms with Gasteiger partial charge in [0.05, 0.1) is 5.56 Å². The number of urea groups is 1. The molecule has 0 aliphatic carbocycles. The van der Waals surface area contributed by atoms with Gasteiger partial charge in [-0.3, -0.25) is 9.69 Å². The minimum Gasteiger partial charge on any atom is -0.338 e. The van der Waals surface area contributed by atoms with Crippen LogP contribution in [-0.2, 0) is 0 Å². The van der Waals surface area contributed by atoms with E-state index < -0.39 is 5.82 Å². The van der Waals surface area contributed by atoms with Crippen LogP contribution in [-0.4, -0.2) is 49.6 Å². The van der Waals surface area contributed by atoms with E-state index in [1.165, 1.54) is 23.1 Å². The van der Waals surface area contributed by atoms with E-state index in [2.05, 4.69) is 5.32 Å². The molecule has 2 fully saturated rings. The number of hydrogen-bond acceptors (Lipinski definition) is 3. The molecule has 3 N–H and O–H groups in total. The fourth-order valence-electron chi connectivity index (χ4n) is 4.09. The van der Waals surface area contributed by atoms with Gasteiger partial charge < -0.3 is 16.0 Å². The van der Waals surface area contributed by atoms with Crippen LogP contribution in [0.15, 0.2) is 48.5 Å². The molecule has 0 bridgehead atoms. The number of carbonyl (C=O) groups excluding carboxylic acids is 2. The van der Waals surface area contributed by atoms with Crippen LogP contribution in [0.25, 0.3) is 0 Å². The van der Waals surface area contributed by atoms with Crippen LogP contribution in [0.4, 0.5) is 14.9 Å². The minimum absolute atomic E-state index is 0.0123. The third-order valence-electron chi connectivity index (χ3n) is 5.61. The summed E-state index contributed by atoms with van der Waals surface area (Å²) in [7, 11) is 0. The second-order valence-corrected chi connectivity index (χ2v) is 7.27. The van der Waals surface area contributed by atoms with Crippen molar-refractivity contribution in [2.24, 2.45) is 11.7 Å². The third kappa shape index (κ3) is 3.33. The van der Waals surface area contributed by atoms with Crippen molar-refractivity contribution in [1.82, 2.24) is 10.2 Å². The highest BCUT2D eigenvalue weighted by atomic mass is 19.1. The van der Waals surface area contributed by atoms with Gasteiger partial charge in [-0.05, 0) is 36.2 Å². The number of amides is 3. The summed E-state index contributed by atoms with van der Waals surface area (Å²) in [6.07, 6.45) is 0. The van der Waals surface area contributed by atoms with Gasteiger partial charge in [-0.1, -0.05) is 30.3 Å². The lowest BCUT2D eigenvalue weighted by molar-refractivity contribution is 0.0781. The highest BCUT2D eigenvalue weighted by Gasteiger charge is 2.36. The van der Waals surface area contributed by atoms with Gasteiger partial charge in [0, 0.05) is 37.8 Å². The smallest absolute Gasteiger partial charge is 0.321 e. The van der Waals surface area contributed by atoms with Crippen molar-refractivity contribution in [1.29, 1.82) is 0 Å². The van der Waals surface area contributed by atoms with Crippen LogP contribution in [0.1, 0.15) is 21.8 Å². The van der Waals surface area contributed by atoms with E-state index in [4.69, 9.17) is 5.73 Å². The first-order chi connectivity index (χ1) is 13.6. The summed E-state index contributed by atoms with van der Waals surface area (Å²) in [6, 6.07) is 14.0. The number of nitrogens with one attached hydrogen (secondary N) is 1. The predicted octanol–water partition coefficient (Wildman–Crippen LogP) is 2.17. The molecule has 2 heterocycles. The van der Waals surface area contributed by atoms with Gasteiger partial charge in [-0.15, -0.1) is 0 Å². The molecule has 2 atom stereocenters. The number of benzene rings is 2. The molecule has 146 valence electrons. The van der Waals surface area contributed by atoms with Crippen LogP contribution in [0.3, 0.4) is 0 Å². The molecule has 0 radical (unpaired) electrons. The standard InChI is InChI=1S/C21H23FN4O2/c22-19-7-6-16(26-9-8-24-21(26)28)10-17(19)20(27)25-12-15(11-23)18(13-25)14-4-2-1-3-5-14/h1-7,10,15,18H,8-9,11-13,23H2,(H,24,28)/t15-,18+/m1/s1. The van der Waals surface area contributed by atoms with Crippen LogP contribution < -0.4 is 16.0 Å². The average Bonchev–Trinajstić information content (AvgIpc) is 3.35. The summed E-state index contributed by atoms with van der Waals surface area (Å²) in [5.41, 5.74) is 7.60. The van der Waals surface area contributed by atoms with Crippen molar-refractivity contribution >= 4 is 17.6 Å². The lowest BCUT2D eigenvalue weighted by Crippen LogP contribution is -2.31. The fraction of sp³-hybridized carbons (Fsp3) is 0.333. The zero-order valence-corrected chi connectivity index (χ0v) is 15.5. The normalized spacial score (nSPS) is 21.9. The van der Waals surface area contributed by atoms with Crippen molar-refractivity contribution in [3.63, 3.8) is 0 Å². The Hall–Kier alpha value is -2.93. The predicted molar refractivity (Wildman–Crippen MR) is 105 cm³/mol. The molecule has 28 heavy (non-hydrogen) atoms. The van der Waals surface area contributed by atoms with Crippen molar-refractivity contribution < 1.29 is 14.0 Å². The Morgan fingerprint density at radius 3 is 2.64 bits per heavy atom. The molecular weight excluding hydrogens is 359 g/mol. The number of halogens is 1. The fourth-order valence-corrected chi connectivity index (χ4v) is 4.09. The zero-order chi connectivity index (χ0) is 19.7. The highest BCUT2D eigenvalue weighted by molar-refractivity contribution is 5.98. The number of rotatable bonds is 4. The van der Waals surface area contributed by atoms with Gasteiger partial charge in [0.2, 0.25) is 0 Å². The van der Waals surface area contributed by atoms with Crippen molar-refractivity contribution in [2.75, 3.05) is 37.6 Å². The number of nitrogens with zero attached hydrogens (tertiary/aromatic N) is 2. The molecule has 0 unspecified atom stereocenters. The van der Waals surface area contributed by atoms with Crippen LogP contribution >= 0.6 is 0 Å². The van der Waals surface area contributed by atoms with Crippen molar-refractivity contribution in [3.8, 4) is 0 Å². The van der Waals surface area contributed by atoms with E-state index in [0.29, 0.717) is 38.4 Å². The molecule has 2 aromatic rings. The highest BCUT2D eigenvalue weighted by Crippen LogP contribution is 2.33. The second kappa shape index (κ2) is 7.59. The Kier molecular flexibility index (Phi) is 5.00. The maximum absolute atomic E-state index is 14.5. The number of carbonyl (C=O) groups is 2. The Morgan fingerprint density at radius 2 is 1.96 bits per heavy atom. The number of likely N-dealkylation sites (tertiary alicyclic amines) is 1. The van der Waals surface area contributed by atoms with Gasteiger partial charge in [0.1, 0.15) is 5.82 Å². The van der Waals surface area contributed by atoms with E-state index in [1.807, 2.05) is 30.3 Å². The number of hydrogen-bond donors (Lipinski definition) is 2. The minimum atomic E-state index is -0.583. The Morgan fingerprint density at radius 1 is 1.18 bits per heavy atom. The molecule has 0 aromatic heterocycles. The quantitative estimate of drug-likeness (QED) is 0.851. The second-order valence-electron chi connectivity index (χ2n) is 7.27. The maximum atomic E-state index is 14.5. The van der Waals surface area contributed by atoms with Crippen LogP contribution in [0.2, 0.25) is 0 Å². The van der Waals surface area contributed by atoms with Gasteiger partial charge in [0.15, 0.2) is 0 Å². The van der Waals surface area contributed by atoms with Crippen LogP contribution in [0, 0.1) is 11.7 Å². The lowest BCUT2D eigenvalue weighted by atomic mass is 9.89. The first kappa shape index (κ1) is 18.4. The summed E-state index contributed by atoms with van der Waals surface area (Å²) in [5.74, 6) is -0.690. The van der Waals surface area contributed by atoms with E-state index in [0.717, 1.165) is 5.56 Å². The molecule has 2 aromatic carbocycles. The topological polar surface area (TPSA) is 78.7 Å².